The van der Waals surface area contributed by atoms with Gasteiger partial charge >= 0.3 is 6.03 Å². The first-order chi connectivity index (χ1) is 10.7. The highest BCUT2D eigenvalue weighted by molar-refractivity contribution is 9.10. The lowest BCUT2D eigenvalue weighted by Gasteiger charge is -2.22. The number of carbonyl (C=O) groups excluding carboxylic acids is 1. The monoisotopic (exact) mass is 357 g/mol. The number of hydrogen-bond acceptors (Lipinski definition) is 2. The lowest BCUT2D eigenvalue weighted by molar-refractivity contribution is 0.210. The molecular weight excluding hydrogens is 342 g/mol. The van der Waals surface area contributed by atoms with Crippen LogP contribution in [-0.4, -0.2) is 17.5 Å². The lowest BCUT2D eigenvalue weighted by Crippen LogP contribution is -2.35. The van der Waals surface area contributed by atoms with Gasteiger partial charge in [0.05, 0.1) is 12.5 Å². The highest BCUT2D eigenvalue weighted by Gasteiger charge is 2.14. The van der Waals surface area contributed by atoms with Gasteiger partial charge < -0.3 is 10.2 Å². The number of nitrogens with zero attached hydrogens (tertiary/aromatic N) is 2. The second-order valence-electron chi connectivity index (χ2n) is 4.76. The second-order valence-corrected chi connectivity index (χ2v) is 5.67. The van der Waals surface area contributed by atoms with E-state index in [-0.39, 0.29) is 6.03 Å². The summed E-state index contributed by atoms with van der Waals surface area (Å²) in [5, 5.41) is 11.6. The number of halogens is 1. The van der Waals surface area contributed by atoms with Crippen LogP contribution in [0.5, 0.6) is 0 Å². The maximum Gasteiger partial charge on any atom is 0.322 e. The molecule has 22 heavy (non-hydrogen) atoms. The van der Waals surface area contributed by atoms with Crippen molar-refractivity contribution in [3.05, 3.63) is 64.6 Å². The third-order valence-corrected chi connectivity index (χ3v) is 3.57. The molecule has 0 spiro atoms. The van der Waals surface area contributed by atoms with Gasteiger partial charge in [-0.3, -0.25) is 0 Å². The Hall–Kier alpha value is -2.32. The van der Waals surface area contributed by atoms with Crippen molar-refractivity contribution in [2.24, 2.45) is 0 Å². The number of benzene rings is 2. The van der Waals surface area contributed by atoms with Crippen LogP contribution in [-0.2, 0) is 6.54 Å². The van der Waals surface area contributed by atoms with E-state index in [9.17, 15) is 4.79 Å². The number of anilines is 1. The third kappa shape index (κ3) is 4.90. The molecule has 2 aromatic rings. The normalized spacial score (nSPS) is 9.82. The molecule has 0 unspecified atom stereocenters. The maximum absolute atomic E-state index is 12.4. The van der Waals surface area contributed by atoms with Gasteiger partial charge in [-0.2, -0.15) is 5.26 Å². The second kappa shape index (κ2) is 8.20. The van der Waals surface area contributed by atoms with Crippen LogP contribution in [0, 0.1) is 11.3 Å². The first-order valence-corrected chi connectivity index (χ1v) is 7.70. The van der Waals surface area contributed by atoms with Crippen molar-refractivity contribution in [3.63, 3.8) is 0 Å². The summed E-state index contributed by atoms with van der Waals surface area (Å²) in [5.41, 5.74) is 1.75. The zero-order valence-corrected chi connectivity index (χ0v) is 13.6. The van der Waals surface area contributed by atoms with E-state index in [4.69, 9.17) is 5.26 Å². The van der Waals surface area contributed by atoms with Crippen LogP contribution < -0.4 is 5.32 Å². The van der Waals surface area contributed by atoms with Gasteiger partial charge in [0.15, 0.2) is 0 Å². The molecule has 112 valence electrons. The Kier molecular flexibility index (Phi) is 5.99. The lowest BCUT2D eigenvalue weighted by atomic mass is 10.2. The molecule has 0 aliphatic carbocycles. The van der Waals surface area contributed by atoms with Crippen molar-refractivity contribution in [1.82, 2.24) is 4.90 Å². The Balaban J connectivity index is 2.07. The van der Waals surface area contributed by atoms with E-state index in [1.807, 2.05) is 54.6 Å². The van der Waals surface area contributed by atoms with Crippen LogP contribution in [0.25, 0.3) is 0 Å². The van der Waals surface area contributed by atoms with Gasteiger partial charge in [0, 0.05) is 23.2 Å². The molecule has 2 aromatic carbocycles. The molecule has 1 N–H and O–H groups in total. The third-order valence-electron chi connectivity index (χ3n) is 3.07. The van der Waals surface area contributed by atoms with E-state index in [1.54, 1.807) is 4.90 Å². The van der Waals surface area contributed by atoms with Crippen LogP contribution in [0.1, 0.15) is 12.0 Å². The Morgan fingerprint density at radius 3 is 2.64 bits per heavy atom. The van der Waals surface area contributed by atoms with Crippen molar-refractivity contribution in [2.45, 2.75) is 13.0 Å². The predicted octanol–water partition coefficient (Wildman–Crippen LogP) is 4.40. The van der Waals surface area contributed by atoms with Gasteiger partial charge in [-0.15, -0.1) is 0 Å². The van der Waals surface area contributed by atoms with Crippen molar-refractivity contribution in [3.8, 4) is 6.07 Å². The Bertz CT molecular complexity index is 667. The minimum absolute atomic E-state index is 0.211. The molecule has 0 atom stereocenters. The molecule has 0 radical (unpaired) electrons. The molecular formula is C17H16BrN3O. The average Bonchev–Trinajstić information content (AvgIpc) is 2.52. The first-order valence-electron chi connectivity index (χ1n) is 6.91. The van der Waals surface area contributed by atoms with Gasteiger partial charge in [0.2, 0.25) is 0 Å². The van der Waals surface area contributed by atoms with E-state index in [2.05, 4.69) is 27.3 Å². The molecule has 0 saturated carbocycles. The van der Waals surface area contributed by atoms with E-state index in [0.29, 0.717) is 19.5 Å². The van der Waals surface area contributed by atoms with Gasteiger partial charge in [-0.25, -0.2) is 4.79 Å². The Labute approximate surface area is 138 Å². The molecule has 4 nitrogen and oxygen atoms in total. The van der Waals surface area contributed by atoms with Crippen molar-refractivity contribution in [2.75, 3.05) is 11.9 Å². The Morgan fingerprint density at radius 2 is 1.95 bits per heavy atom. The maximum atomic E-state index is 12.4. The SMILES string of the molecule is N#CCCN(Cc1ccccc1)C(=O)Nc1cccc(Br)c1. The summed E-state index contributed by atoms with van der Waals surface area (Å²) in [6, 6.07) is 19.0. The van der Waals surface area contributed by atoms with E-state index in [0.717, 1.165) is 15.7 Å². The summed E-state index contributed by atoms with van der Waals surface area (Å²) in [4.78, 5) is 14.1. The molecule has 0 fully saturated rings. The number of nitrogens with one attached hydrogen (secondary N) is 1. The molecule has 0 aliphatic heterocycles. The van der Waals surface area contributed by atoms with Gasteiger partial charge in [-0.05, 0) is 23.8 Å². The number of nitriles is 1. The van der Waals surface area contributed by atoms with Gasteiger partial charge in [-0.1, -0.05) is 52.3 Å². The molecule has 2 rings (SSSR count). The van der Waals surface area contributed by atoms with Crippen LogP contribution in [0.2, 0.25) is 0 Å². The van der Waals surface area contributed by atoms with Crippen LogP contribution in [0.15, 0.2) is 59.1 Å². The summed E-state index contributed by atoms with van der Waals surface area (Å²) < 4.78 is 0.900. The number of amides is 2. The molecule has 0 aliphatic rings. The zero-order valence-electron chi connectivity index (χ0n) is 12.0. The van der Waals surface area contributed by atoms with Crippen LogP contribution in [0.4, 0.5) is 10.5 Å². The standard InChI is InChI=1S/C17H16BrN3O/c18-15-8-4-9-16(12-15)20-17(22)21(11-5-10-19)13-14-6-2-1-3-7-14/h1-4,6-9,12H,5,11,13H2,(H,20,22). The predicted molar refractivity (Wildman–Crippen MR) is 90.2 cm³/mol. The highest BCUT2D eigenvalue weighted by atomic mass is 79.9. The molecule has 0 aromatic heterocycles. The quantitative estimate of drug-likeness (QED) is 0.862. The van der Waals surface area contributed by atoms with E-state index in [1.165, 1.54) is 0 Å². The van der Waals surface area contributed by atoms with Crippen LogP contribution in [0.3, 0.4) is 0 Å². The molecule has 0 heterocycles. The topological polar surface area (TPSA) is 56.1 Å². The number of hydrogen-bond donors (Lipinski definition) is 1. The smallest absolute Gasteiger partial charge is 0.319 e. The van der Waals surface area contributed by atoms with Gasteiger partial charge in [0.25, 0.3) is 0 Å². The summed E-state index contributed by atoms with van der Waals surface area (Å²) in [5.74, 6) is 0. The van der Waals surface area contributed by atoms with Gasteiger partial charge in [0.1, 0.15) is 0 Å². The number of rotatable bonds is 5. The molecule has 2 amide bonds. The number of carbonyl (C=O) groups is 1. The fourth-order valence-corrected chi connectivity index (χ4v) is 2.41. The molecule has 5 heteroatoms. The summed E-state index contributed by atoms with van der Waals surface area (Å²) in [7, 11) is 0. The summed E-state index contributed by atoms with van der Waals surface area (Å²) >= 11 is 3.38. The fourth-order valence-electron chi connectivity index (χ4n) is 2.01. The minimum atomic E-state index is -0.211. The molecule has 0 bridgehead atoms. The van der Waals surface area contributed by atoms with E-state index >= 15 is 0 Å². The number of urea groups is 1. The van der Waals surface area contributed by atoms with Crippen molar-refractivity contribution in [1.29, 1.82) is 5.26 Å². The summed E-state index contributed by atoms with van der Waals surface area (Å²) in [6.07, 6.45) is 0.304. The molecule has 0 saturated heterocycles. The van der Waals surface area contributed by atoms with Crippen molar-refractivity contribution >= 4 is 27.6 Å². The summed E-state index contributed by atoms with van der Waals surface area (Å²) in [6.45, 7) is 0.869. The van der Waals surface area contributed by atoms with Crippen molar-refractivity contribution < 1.29 is 4.79 Å². The van der Waals surface area contributed by atoms with E-state index < -0.39 is 0 Å². The fraction of sp³-hybridized carbons (Fsp3) is 0.176. The minimum Gasteiger partial charge on any atom is -0.319 e. The largest absolute Gasteiger partial charge is 0.322 e. The highest BCUT2D eigenvalue weighted by Crippen LogP contribution is 2.16. The van der Waals surface area contributed by atoms with Crippen LogP contribution >= 0.6 is 15.9 Å². The Morgan fingerprint density at radius 1 is 1.18 bits per heavy atom. The first kappa shape index (κ1) is 16.1. The zero-order chi connectivity index (χ0) is 15.8. The average molecular weight is 358 g/mol.